The minimum Gasteiger partial charge on any atom is -0.497 e. The summed E-state index contributed by atoms with van der Waals surface area (Å²) in [6, 6.07) is 15.7. The molecule has 0 saturated carbocycles. The fourth-order valence-corrected chi connectivity index (χ4v) is 2.85. The number of ether oxygens (including phenoxy) is 2. The molecule has 0 radical (unpaired) electrons. The average molecular weight is 297 g/mol. The number of fused-ring (bicyclic) bond motifs is 1. The van der Waals surface area contributed by atoms with Crippen molar-refractivity contribution in [3.63, 3.8) is 0 Å². The van der Waals surface area contributed by atoms with Gasteiger partial charge in [0.15, 0.2) is 0 Å². The van der Waals surface area contributed by atoms with Gasteiger partial charge in [-0.1, -0.05) is 30.3 Å². The molecule has 4 nitrogen and oxygen atoms in total. The molecule has 0 N–H and O–H groups in total. The summed E-state index contributed by atoms with van der Waals surface area (Å²) in [5.41, 5.74) is 1.97. The number of hydrogen-bond donors (Lipinski definition) is 0. The van der Waals surface area contributed by atoms with Gasteiger partial charge >= 0.3 is 0 Å². The Morgan fingerprint density at radius 1 is 1.27 bits per heavy atom. The van der Waals surface area contributed by atoms with E-state index in [9.17, 15) is 4.79 Å². The van der Waals surface area contributed by atoms with Crippen molar-refractivity contribution in [3.8, 4) is 11.5 Å². The molecule has 0 unspecified atom stereocenters. The van der Waals surface area contributed by atoms with Gasteiger partial charge in [-0.2, -0.15) is 0 Å². The first-order valence-corrected chi connectivity index (χ1v) is 7.33. The van der Waals surface area contributed by atoms with Gasteiger partial charge in [0.1, 0.15) is 18.1 Å². The largest absolute Gasteiger partial charge is 0.497 e. The Hall–Kier alpha value is -2.49. The van der Waals surface area contributed by atoms with E-state index < -0.39 is 0 Å². The molecule has 2 aromatic carbocycles. The lowest BCUT2D eigenvalue weighted by atomic mass is 10.0. The summed E-state index contributed by atoms with van der Waals surface area (Å²) >= 11 is 0. The highest BCUT2D eigenvalue weighted by molar-refractivity contribution is 5.94. The van der Waals surface area contributed by atoms with Gasteiger partial charge in [-0.05, 0) is 24.1 Å². The maximum absolute atomic E-state index is 12.2. The molecule has 0 aromatic heterocycles. The lowest BCUT2D eigenvalue weighted by Crippen LogP contribution is -2.47. The molecule has 114 valence electrons. The maximum Gasteiger partial charge on any atom is 0.224 e. The summed E-state index contributed by atoms with van der Waals surface area (Å²) in [6.45, 7) is 2.08. The second-order valence-electron chi connectivity index (χ2n) is 5.38. The summed E-state index contributed by atoms with van der Waals surface area (Å²) in [5, 5.41) is 0. The molecule has 3 rings (SSSR count). The molecule has 22 heavy (non-hydrogen) atoms. The number of anilines is 1. The second-order valence-corrected chi connectivity index (χ2v) is 5.38. The molecule has 1 heterocycles. The van der Waals surface area contributed by atoms with Gasteiger partial charge in [-0.15, -0.1) is 0 Å². The van der Waals surface area contributed by atoms with E-state index in [1.54, 1.807) is 14.0 Å². The molecule has 0 saturated heterocycles. The molecule has 1 amide bonds. The zero-order chi connectivity index (χ0) is 15.5. The molecule has 0 spiro atoms. The van der Waals surface area contributed by atoms with E-state index in [1.807, 2.05) is 41.3 Å². The topological polar surface area (TPSA) is 38.8 Å². The predicted molar refractivity (Wildman–Crippen MR) is 85.6 cm³/mol. The van der Waals surface area contributed by atoms with Gasteiger partial charge in [-0.25, -0.2) is 0 Å². The van der Waals surface area contributed by atoms with E-state index in [0.29, 0.717) is 12.4 Å². The van der Waals surface area contributed by atoms with Gasteiger partial charge in [0, 0.05) is 13.0 Å². The van der Waals surface area contributed by atoms with Crippen LogP contribution in [0.25, 0.3) is 0 Å². The van der Waals surface area contributed by atoms with Crippen molar-refractivity contribution in [1.82, 2.24) is 0 Å². The molecular formula is C18H19NO3. The van der Waals surface area contributed by atoms with Crippen molar-refractivity contribution >= 4 is 11.6 Å². The highest BCUT2D eigenvalue weighted by Gasteiger charge is 2.31. The normalized spacial score (nSPS) is 16.6. The number of hydrogen-bond acceptors (Lipinski definition) is 3. The molecule has 1 aliphatic rings. The van der Waals surface area contributed by atoms with Crippen LogP contribution in [0.1, 0.15) is 12.5 Å². The first kappa shape index (κ1) is 14.4. The number of methoxy groups -OCH3 is 1. The van der Waals surface area contributed by atoms with Crippen molar-refractivity contribution in [1.29, 1.82) is 0 Å². The zero-order valence-corrected chi connectivity index (χ0v) is 12.8. The second kappa shape index (κ2) is 6.10. The number of carbonyl (C=O) groups is 1. The maximum atomic E-state index is 12.2. The summed E-state index contributed by atoms with van der Waals surface area (Å²) in [6.07, 6.45) is 0.761. The first-order valence-electron chi connectivity index (χ1n) is 7.33. The fraction of sp³-hybridized carbons (Fsp3) is 0.278. The van der Waals surface area contributed by atoms with Crippen molar-refractivity contribution in [3.05, 3.63) is 54.1 Å². The lowest BCUT2D eigenvalue weighted by Gasteiger charge is -2.36. The molecule has 0 bridgehead atoms. The van der Waals surface area contributed by atoms with E-state index in [1.165, 1.54) is 5.56 Å². The van der Waals surface area contributed by atoms with Crippen molar-refractivity contribution in [2.45, 2.75) is 19.4 Å². The highest BCUT2D eigenvalue weighted by atomic mass is 16.5. The third kappa shape index (κ3) is 2.77. The number of rotatable bonds is 3. The van der Waals surface area contributed by atoms with Crippen molar-refractivity contribution < 1.29 is 14.3 Å². The number of amides is 1. The van der Waals surface area contributed by atoms with E-state index in [2.05, 4.69) is 12.1 Å². The minimum absolute atomic E-state index is 0.0127. The minimum atomic E-state index is -0.0143. The summed E-state index contributed by atoms with van der Waals surface area (Å²) in [7, 11) is 1.62. The number of benzene rings is 2. The smallest absolute Gasteiger partial charge is 0.224 e. The standard InChI is InChI=1S/C18H19NO3/c1-13(20)19-15(10-14-6-4-3-5-7-14)12-22-18-9-8-16(21-2)11-17(18)19/h3-9,11,15H,10,12H2,1-2H3/t15-/m0/s1. The summed E-state index contributed by atoms with van der Waals surface area (Å²) in [4.78, 5) is 14.0. The van der Waals surface area contributed by atoms with Crippen LogP contribution >= 0.6 is 0 Å². The molecule has 2 aromatic rings. The Bertz CT molecular complexity index is 669. The number of carbonyl (C=O) groups excluding carboxylic acids is 1. The molecule has 4 heteroatoms. The molecular weight excluding hydrogens is 278 g/mol. The van der Waals surface area contributed by atoms with Crippen LogP contribution in [-0.4, -0.2) is 25.7 Å². The molecule has 0 fully saturated rings. The molecule has 1 aliphatic heterocycles. The van der Waals surface area contributed by atoms with Gasteiger partial charge in [-0.3, -0.25) is 4.79 Å². The molecule has 0 aliphatic carbocycles. The van der Waals surface area contributed by atoms with Crippen LogP contribution in [0.2, 0.25) is 0 Å². The van der Waals surface area contributed by atoms with E-state index in [-0.39, 0.29) is 11.9 Å². The monoisotopic (exact) mass is 297 g/mol. The van der Waals surface area contributed by atoms with Gasteiger partial charge in [0.2, 0.25) is 5.91 Å². The third-order valence-corrected chi connectivity index (χ3v) is 3.88. The van der Waals surface area contributed by atoms with Crippen molar-refractivity contribution in [2.75, 3.05) is 18.6 Å². The molecule has 1 atom stereocenters. The Labute approximate surface area is 130 Å². The van der Waals surface area contributed by atoms with Crippen LogP contribution in [0.4, 0.5) is 5.69 Å². The van der Waals surface area contributed by atoms with Crippen LogP contribution in [0, 0.1) is 0 Å². The third-order valence-electron chi connectivity index (χ3n) is 3.88. The highest BCUT2D eigenvalue weighted by Crippen LogP contribution is 2.37. The van der Waals surface area contributed by atoms with Crippen LogP contribution in [-0.2, 0) is 11.2 Å². The Morgan fingerprint density at radius 2 is 2.05 bits per heavy atom. The van der Waals surface area contributed by atoms with E-state index in [0.717, 1.165) is 17.9 Å². The zero-order valence-electron chi connectivity index (χ0n) is 12.8. The van der Waals surface area contributed by atoms with Crippen LogP contribution in [0.5, 0.6) is 11.5 Å². The van der Waals surface area contributed by atoms with Crippen LogP contribution in [0.15, 0.2) is 48.5 Å². The predicted octanol–water partition coefficient (Wildman–Crippen LogP) is 3.05. The lowest BCUT2D eigenvalue weighted by molar-refractivity contribution is -0.117. The summed E-state index contributed by atoms with van der Waals surface area (Å²) < 4.78 is 11.1. The van der Waals surface area contributed by atoms with Gasteiger partial charge in [0.05, 0.1) is 18.8 Å². The van der Waals surface area contributed by atoms with Gasteiger partial charge in [0.25, 0.3) is 0 Å². The van der Waals surface area contributed by atoms with E-state index in [4.69, 9.17) is 9.47 Å². The SMILES string of the molecule is COc1ccc2c(c1)N(C(C)=O)[C@@H](Cc1ccccc1)CO2. The van der Waals surface area contributed by atoms with Gasteiger partial charge < -0.3 is 14.4 Å². The first-order chi connectivity index (χ1) is 10.7. The fourth-order valence-electron chi connectivity index (χ4n) is 2.85. The Morgan fingerprint density at radius 3 is 2.73 bits per heavy atom. The Kier molecular flexibility index (Phi) is 4.00. The quantitative estimate of drug-likeness (QED) is 0.874. The van der Waals surface area contributed by atoms with E-state index >= 15 is 0 Å². The summed E-state index contributed by atoms with van der Waals surface area (Å²) in [5.74, 6) is 1.45. The number of nitrogens with zero attached hydrogens (tertiary/aromatic N) is 1. The Balaban J connectivity index is 1.94. The average Bonchev–Trinajstić information content (AvgIpc) is 2.54. The van der Waals surface area contributed by atoms with Crippen LogP contribution < -0.4 is 14.4 Å². The van der Waals surface area contributed by atoms with Crippen molar-refractivity contribution in [2.24, 2.45) is 0 Å². The van der Waals surface area contributed by atoms with Crippen LogP contribution in [0.3, 0.4) is 0 Å².